The molecule has 0 aromatic carbocycles. The Kier molecular flexibility index (Phi) is 5.62. The van der Waals surface area contributed by atoms with E-state index in [1.54, 1.807) is 0 Å². The Balaban J connectivity index is 2.24. The lowest BCUT2D eigenvalue weighted by atomic mass is 9.90. The highest BCUT2D eigenvalue weighted by atomic mass is 15.1. The van der Waals surface area contributed by atoms with E-state index in [1.807, 2.05) is 0 Å². The zero-order valence-electron chi connectivity index (χ0n) is 10.9. The molecule has 1 heterocycles. The van der Waals surface area contributed by atoms with E-state index in [0.29, 0.717) is 12.1 Å². The third kappa shape index (κ3) is 4.52. The fourth-order valence-corrected chi connectivity index (χ4v) is 2.63. The summed E-state index contributed by atoms with van der Waals surface area (Å²) >= 11 is 0. The van der Waals surface area contributed by atoms with E-state index in [0.717, 1.165) is 5.92 Å². The van der Waals surface area contributed by atoms with Crippen LogP contribution in [0.25, 0.3) is 0 Å². The molecule has 0 bridgehead atoms. The Morgan fingerprint density at radius 1 is 1.27 bits per heavy atom. The van der Waals surface area contributed by atoms with E-state index < -0.39 is 0 Å². The van der Waals surface area contributed by atoms with Crippen molar-refractivity contribution in [3.05, 3.63) is 0 Å². The van der Waals surface area contributed by atoms with Crippen LogP contribution in [0.15, 0.2) is 0 Å². The highest BCUT2D eigenvalue weighted by molar-refractivity contribution is 4.80. The van der Waals surface area contributed by atoms with Crippen molar-refractivity contribution in [1.29, 1.82) is 0 Å². The molecule has 1 rings (SSSR count). The Bertz CT molecular complexity index is 162. The van der Waals surface area contributed by atoms with Gasteiger partial charge in [-0.2, -0.15) is 0 Å². The van der Waals surface area contributed by atoms with Crippen LogP contribution >= 0.6 is 0 Å². The molecule has 0 amide bonds. The van der Waals surface area contributed by atoms with E-state index in [1.165, 1.54) is 38.8 Å². The predicted octanol–water partition coefficient (Wildman–Crippen LogP) is 2.49. The number of piperidine rings is 1. The Labute approximate surface area is 95.4 Å². The van der Waals surface area contributed by atoms with Crippen LogP contribution in [0.3, 0.4) is 0 Å². The quantitative estimate of drug-likeness (QED) is 0.753. The van der Waals surface area contributed by atoms with Gasteiger partial charge in [0.15, 0.2) is 0 Å². The maximum Gasteiger partial charge on any atom is 0.00704 e. The van der Waals surface area contributed by atoms with Gasteiger partial charge in [0.25, 0.3) is 0 Å². The molecule has 1 saturated heterocycles. The molecule has 1 fully saturated rings. The monoisotopic (exact) mass is 212 g/mol. The highest BCUT2D eigenvalue weighted by Crippen LogP contribution is 2.20. The van der Waals surface area contributed by atoms with Gasteiger partial charge < -0.3 is 10.2 Å². The van der Waals surface area contributed by atoms with Gasteiger partial charge in [0.1, 0.15) is 0 Å². The van der Waals surface area contributed by atoms with Crippen LogP contribution in [0.5, 0.6) is 0 Å². The van der Waals surface area contributed by atoms with Crippen LogP contribution in [0.2, 0.25) is 0 Å². The van der Waals surface area contributed by atoms with Crippen LogP contribution in [0, 0.1) is 5.92 Å². The van der Waals surface area contributed by atoms with Crippen LogP contribution in [0.4, 0.5) is 0 Å². The number of rotatable bonds is 5. The molecule has 0 aromatic heterocycles. The highest BCUT2D eigenvalue weighted by Gasteiger charge is 2.22. The SMILES string of the molecule is CCCC(C)NC(C)C1CCN(C)CC1. The topological polar surface area (TPSA) is 15.3 Å². The van der Waals surface area contributed by atoms with Crippen molar-refractivity contribution in [1.82, 2.24) is 10.2 Å². The molecule has 90 valence electrons. The lowest BCUT2D eigenvalue weighted by molar-refractivity contribution is 0.184. The molecule has 15 heavy (non-hydrogen) atoms. The molecular formula is C13H28N2. The number of nitrogens with zero attached hydrogens (tertiary/aromatic N) is 1. The molecule has 0 spiro atoms. The van der Waals surface area contributed by atoms with E-state index in [2.05, 4.69) is 38.0 Å². The molecule has 2 atom stereocenters. The van der Waals surface area contributed by atoms with Gasteiger partial charge in [-0.05, 0) is 59.2 Å². The van der Waals surface area contributed by atoms with Gasteiger partial charge in [-0.3, -0.25) is 0 Å². The second-order valence-electron chi connectivity index (χ2n) is 5.29. The van der Waals surface area contributed by atoms with Gasteiger partial charge >= 0.3 is 0 Å². The number of hydrogen-bond acceptors (Lipinski definition) is 2. The fraction of sp³-hybridized carbons (Fsp3) is 1.00. The van der Waals surface area contributed by atoms with Crippen molar-refractivity contribution in [2.75, 3.05) is 20.1 Å². The number of nitrogens with one attached hydrogen (secondary N) is 1. The molecule has 2 heteroatoms. The second kappa shape index (κ2) is 6.49. The molecule has 0 aliphatic carbocycles. The first-order chi connectivity index (χ1) is 7.13. The van der Waals surface area contributed by atoms with Crippen molar-refractivity contribution in [2.45, 2.75) is 58.5 Å². The summed E-state index contributed by atoms with van der Waals surface area (Å²) in [5.74, 6) is 0.889. The van der Waals surface area contributed by atoms with Gasteiger partial charge in [0.05, 0.1) is 0 Å². The standard InChI is InChI=1S/C13H28N2/c1-5-6-11(2)14-12(3)13-7-9-15(4)10-8-13/h11-14H,5-10H2,1-4H3. The van der Waals surface area contributed by atoms with E-state index in [4.69, 9.17) is 0 Å². The predicted molar refractivity (Wildman–Crippen MR) is 67.2 cm³/mol. The third-order valence-corrected chi connectivity index (χ3v) is 3.74. The summed E-state index contributed by atoms with van der Waals surface area (Å²) in [6.45, 7) is 9.49. The van der Waals surface area contributed by atoms with Gasteiger partial charge in [-0.25, -0.2) is 0 Å². The third-order valence-electron chi connectivity index (χ3n) is 3.74. The molecule has 2 unspecified atom stereocenters. The molecule has 2 nitrogen and oxygen atoms in total. The van der Waals surface area contributed by atoms with Crippen molar-refractivity contribution in [3.8, 4) is 0 Å². The summed E-state index contributed by atoms with van der Waals surface area (Å²) in [5.41, 5.74) is 0. The van der Waals surface area contributed by atoms with E-state index in [-0.39, 0.29) is 0 Å². The minimum Gasteiger partial charge on any atom is -0.312 e. The number of likely N-dealkylation sites (tertiary alicyclic amines) is 1. The molecule has 1 aliphatic rings. The van der Waals surface area contributed by atoms with Crippen molar-refractivity contribution < 1.29 is 0 Å². The first-order valence-corrected chi connectivity index (χ1v) is 6.58. The zero-order chi connectivity index (χ0) is 11.3. The number of hydrogen-bond donors (Lipinski definition) is 1. The summed E-state index contributed by atoms with van der Waals surface area (Å²) in [4.78, 5) is 2.44. The largest absolute Gasteiger partial charge is 0.312 e. The van der Waals surface area contributed by atoms with E-state index >= 15 is 0 Å². The fourth-order valence-electron chi connectivity index (χ4n) is 2.63. The maximum absolute atomic E-state index is 3.75. The zero-order valence-corrected chi connectivity index (χ0v) is 10.9. The Morgan fingerprint density at radius 2 is 1.87 bits per heavy atom. The average molecular weight is 212 g/mol. The maximum atomic E-state index is 3.75. The lowest BCUT2D eigenvalue weighted by Gasteiger charge is -2.34. The van der Waals surface area contributed by atoms with Gasteiger partial charge in [-0.15, -0.1) is 0 Å². The van der Waals surface area contributed by atoms with Crippen molar-refractivity contribution in [2.24, 2.45) is 5.92 Å². The van der Waals surface area contributed by atoms with Gasteiger partial charge in [0.2, 0.25) is 0 Å². The molecular weight excluding hydrogens is 184 g/mol. The van der Waals surface area contributed by atoms with E-state index in [9.17, 15) is 0 Å². The lowest BCUT2D eigenvalue weighted by Crippen LogP contribution is -2.43. The normalized spacial score (nSPS) is 24.0. The minimum atomic E-state index is 0.685. The smallest absolute Gasteiger partial charge is 0.00704 e. The Morgan fingerprint density at radius 3 is 2.40 bits per heavy atom. The van der Waals surface area contributed by atoms with Gasteiger partial charge in [-0.1, -0.05) is 13.3 Å². The van der Waals surface area contributed by atoms with Gasteiger partial charge in [0, 0.05) is 12.1 Å². The summed E-state index contributed by atoms with van der Waals surface area (Å²) in [5, 5.41) is 3.75. The summed E-state index contributed by atoms with van der Waals surface area (Å²) < 4.78 is 0. The second-order valence-corrected chi connectivity index (χ2v) is 5.29. The van der Waals surface area contributed by atoms with Crippen molar-refractivity contribution >= 4 is 0 Å². The van der Waals surface area contributed by atoms with Crippen molar-refractivity contribution in [3.63, 3.8) is 0 Å². The average Bonchev–Trinajstić information content (AvgIpc) is 2.18. The minimum absolute atomic E-state index is 0.685. The summed E-state index contributed by atoms with van der Waals surface area (Å²) in [6.07, 6.45) is 5.32. The first kappa shape index (κ1) is 13.0. The van der Waals surface area contributed by atoms with Crippen LogP contribution < -0.4 is 5.32 Å². The van der Waals surface area contributed by atoms with Crippen LogP contribution in [-0.4, -0.2) is 37.1 Å². The van der Waals surface area contributed by atoms with Crippen LogP contribution in [-0.2, 0) is 0 Å². The summed E-state index contributed by atoms with van der Waals surface area (Å²) in [6, 6.07) is 1.38. The molecule has 0 saturated carbocycles. The molecule has 0 radical (unpaired) electrons. The molecule has 1 aliphatic heterocycles. The Hall–Kier alpha value is -0.0800. The molecule has 1 N–H and O–H groups in total. The summed E-state index contributed by atoms with van der Waals surface area (Å²) in [7, 11) is 2.23. The first-order valence-electron chi connectivity index (χ1n) is 6.58. The molecule has 0 aromatic rings. The van der Waals surface area contributed by atoms with Crippen LogP contribution in [0.1, 0.15) is 46.5 Å².